The topological polar surface area (TPSA) is 39.2 Å². The SMILES string of the molecule is COc1cnc(C(=O)Cl)c(F)c1C(F)F. The number of hydrogen-bond donors (Lipinski definition) is 0. The van der Waals surface area contributed by atoms with Gasteiger partial charge in [-0.3, -0.25) is 4.79 Å². The molecule has 0 saturated carbocycles. The average Bonchev–Trinajstić information content (AvgIpc) is 2.15. The summed E-state index contributed by atoms with van der Waals surface area (Å²) >= 11 is 4.95. The van der Waals surface area contributed by atoms with Gasteiger partial charge < -0.3 is 4.74 Å². The molecule has 0 aliphatic rings. The molecule has 0 amide bonds. The van der Waals surface area contributed by atoms with Gasteiger partial charge in [-0.25, -0.2) is 18.2 Å². The largest absolute Gasteiger partial charge is 0.495 e. The lowest BCUT2D eigenvalue weighted by molar-refractivity contribution is 0.107. The van der Waals surface area contributed by atoms with E-state index in [-0.39, 0.29) is 0 Å². The van der Waals surface area contributed by atoms with E-state index in [9.17, 15) is 18.0 Å². The highest BCUT2D eigenvalue weighted by Gasteiger charge is 2.25. The van der Waals surface area contributed by atoms with Crippen LogP contribution in [0.2, 0.25) is 0 Å². The molecule has 15 heavy (non-hydrogen) atoms. The highest BCUT2D eigenvalue weighted by atomic mass is 35.5. The number of pyridine rings is 1. The molecule has 0 fully saturated rings. The third-order valence-corrected chi connectivity index (χ3v) is 1.82. The highest BCUT2D eigenvalue weighted by Crippen LogP contribution is 2.32. The number of aromatic nitrogens is 1. The molecule has 0 unspecified atom stereocenters. The molecule has 0 N–H and O–H groups in total. The Morgan fingerprint density at radius 2 is 2.20 bits per heavy atom. The number of nitrogens with zero attached hydrogens (tertiary/aromatic N) is 1. The van der Waals surface area contributed by atoms with Crippen molar-refractivity contribution in [2.45, 2.75) is 6.43 Å². The van der Waals surface area contributed by atoms with Gasteiger partial charge in [0.05, 0.1) is 18.9 Å². The lowest BCUT2D eigenvalue weighted by Crippen LogP contribution is -2.06. The molecule has 0 aliphatic heterocycles. The third kappa shape index (κ3) is 2.20. The molecular weight excluding hydrogens is 235 g/mol. The van der Waals surface area contributed by atoms with E-state index >= 15 is 0 Å². The number of hydrogen-bond acceptors (Lipinski definition) is 3. The number of methoxy groups -OCH3 is 1. The minimum Gasteiger partial charge on any atom is -0.495 e. The summed E-state index contributed by atoms with van der Waals surface area (Å²) in [6, 6.07) is 0. The number of halogens is 4. The molecular formula is C8H5ClF3NO2. The highest BCUT2D eigenvalue weighted by molar-refractivity contribution is 6.67. The van der Waals surface area contributed by atoms with Gasteiger partial charge in [0.15, 0.2) is 11.5 Å². The van der Waals surface area contributed by atoms with Crippen LogP contribution in [0.3, 0.4) is 0 Å². The van der Waals surface area contributed by atoms with Crippen LogP contribution in [0.5, 0.6) is 5.75 Å². The molecule has 3 nitrogen and oxygen atoms in total. The molecule has 0 aromatic carbocycles. The standard InChI is InChI=1S/C8H5ClF3NO2/c1-15-3-2-13-6(7(9)14)5(10)4(3)8(11)12/h2,8H,1H3. The first-order valence-electron chi connectivity index (χ1n) is 3.69. The fourth-order valence-corrected chi connectivity index (χ4v) is 1.12. The quantitative estimate of drug-likeness (QED) is 0.761. The van der Waals surface area contributed by atoms with Gasteiger partial charge in [0.1, 0.15) is 5.75 Å². The molecule has 0 saturated heterocycles. The Morgan fingerprint density at radius 1 is 1.60 bits per heavy atom. The first kappa shape index (κ1) is 11.8. The summed E-state index contributed by atoms with van der Waals surface area (Å²) in [6.07, 6.45) is -2.29. The van der Waals surface area contributed by atoms with E-state index in [0.29, 0.717) is 0 Å². The first-order chi connectivity index (χ1) is 6.99. The van der Waals surface area contributed by atoms with Crippen molar-refractivity contribution >= 4 is 16.8 Å². The van der Waals surface area contributed by atoms with Gasteiger partial charge in [0, 0.05) is 0 Å². The van der Waals surface area contributed by atoms with E-state index in [1.165, 1.54) is 0 Å². The zero-order valence-corrected chi connectivity index (χ0v) is 8.19. The Bertz CT molecular complexity index is 398. The van der Waals surface area contributed by atoms with Crippen molar-refractivity contribution in [1.82, 2.24) is 4.98 Å². The lowest BCUT2D eigenvalue weighted by atomic mass is 10.2. The van der Waals surface area contributed by atoms with E-state index in [1.54, 1.807) is 0 Å². The van der Waals surface area contributed by atoms with Gasteiger partial charge in [-0.05, 0) is 11.6 Å². The van der Waals surface area contributed by atoms with Crippen LogP contribution in [-0.2, 0) is 0 Å². The molecule has 1 heterocycles. The molecule has 0 spiro atoms. The molecule has 0 bridgehead atoms. The molecule has 1 aromatic rings. The predicted molar refractivity (Wildman–Crippen MR) is 45.9 cm³/mol. The maximum atomic E-state index is 13.3. The van der Waals surface area contributed by atoms with Crippen molar-refractivity contribution in [3.63, 3.8) is 0 Å². The minimum atomic E-state index is -3.11. The van der Waals surface area contributed by atoms with E-state index in [1.807, 2.05) is 0 Å². The Balaban J connectivity index is 3.42. The van der Waals surface area contributed by atoms with Crippen LogP contribution in [0, 0.1) is 5.82 Å². The van der Waals surface area contributed by atoms with Gasteiger partial charge in [-0.15, -0.1) is 0 Å². The molecule has 0 aliphatic carbocycles. The summed E-state index contributed by atoms with van der Waals surface area (Å²) in [7, 11) is 1.09. The Morgan fingerprint density at radius 3 is 2.60 bits per heavy atom. The Labute approximate surface area is 87.8 Å². The Hall–Kier alpha value is -1.30. The van der Waals surface area contributed by atoms with E-state index in [4.69, 9.17) is 11.6 Å². The maximum absolute atomic E-state index is 13.3. The summed E-state index contributed by atoms with van der Waals surface area (Å²) in [5.41, 5.74) is -1.86. The monoisotopic (exact) mass is 239 g/mol. The van der Waals surface area contributed by atoms with Crippen LogP contribution in [-0.4, -0.2) is 17.3 Å². The minimum absolute atomic E-state index is 0.427. The normalized spacial score (nSPS) is 10.5. The molecule has 1 aromatic heterocycles. The predicted octanol–water partition coefficient (Wildman–Crippen LogP) is 2.55. The molecule has 7 heteroatoms. The first-order valence-corrected chi connectivity index (χ1v) is 4.07. The Kier molecular flexibility index (Phi) is 3.52. The number of carbonyl (C=O) groups is 1. The molecule has 82 valence electrons. The zero-order chi connectivity index (χ0) is 11.6. The molecule has 1 rings (SSSR count). The summed E-state index contributed by atoms with van der Waals surface area (Å²) in [4.78, 5) is 13.9. The lowest BCUT2D eigenvalue weighted by Gasteiger charge is -2.09. The van der Waals surface area contributed by atoms with Gasteiger partial charge >= 0.3 is 0 Å². The van der Waals surface area contributed by atoms with Crippen molar-refractivity contribution in [3.05, 3.63) is 23.3 Å². The summed E-state index contributed by atoms with van der Waals surface area (Å²) in [6.45, 7) is 0. The van der Waals surface area contributed by atoms with Gasteiger partial charge in [-0.2, -0.15) is 0 Å². The van der Waals surface area contributed by atoms with E-state index in [0.717, 1.165) is 13.3 Å². The maximum Gasteiger partial charge on any atom is 0.273 e. The number of rotatable bonds is 3. The second-order valence-corrected chi connectivity index (χ2v) is 2.82. The van der Waals surface area contributed by atoms with Crippen molar-refractivity contribution in [1.29, 1.82) is 0 Å². The number of ether oxygens (including phenoxy) is 1. The zero-order valence-electron chi connectivity index (χ0n) is 7.43. The second kappa shape index (κ2) is 4.48. The summed E-state index contributed by atoms with van der Waals surface area (Å²) in [5, 5.41) is -1.24. The summed E-state index contributed by atoms with van der Waals surface area (Å²) < 4.78 is 42.6. The van der Waals surface area contributed by atoms with Crippen molar-refractivity contribution in [2.75, 3.05) is 7.11 Å². The fourth-order valence-electron chi connectivity index (χ4n) is 0.988. The van der Waals surface area contributed by atoms with Crippen LogP contribution in [0.25, 0.3) is 0 Å². The van der Waals surface area contributed by atoms with Gasteiger partial charge in [0.2, 0.25) is 0 Å². The number of carbonyl (C=O) groups excluding carboxylic acids is 1. The van der Waals surface area contributed by atoms with Crippen LogP contribution in [0.1, 0.15) is 22.5 Å². The van der Waals surface area contributed by atoms with Crippen molar-refractivity contribution in [2.24, 2.45) is 0 Å². The van der Waals surface area contributed by atoms with Crippen LogP contribution in [0.4, 0.5) is 13.2 Å². The smallest absolute Gasteiger partial charge is 0.273 e. The summed E-state index contributed by atoms with van der Waals surface area (Å²) in [5.74, 6) is -1.88. The average molecular weight is 240 g/mol. The second-order valence-electron chi connectivity index (χ2n) is 2.48. The third-order valence-electron chi connectivity index (χ3n) is 1.65. The van der Waals surface area contributed by atoms with Crippen LogP contribution in [0.15, 0.2) is 6.20 Å². The van der Waals surface area contributed by atoms with Crippen molar-refractivity contribution < 1.29 is 22.7 Å². The van der Waals surface area contributed by atoms with E-state index in [2.05, 4.69) is 9.72 Å². The van der Waals surface area contributed by atoms with Crippen LogP contribution >= 0.6 is 11.6 Å². The van der Waals surface area contributed by atoms with E-state index < -0.39 is 34.5 Å². The van der Waals surface area contributed by atoms with Gasteiger partial charge in [-0.1, -0.05) is 0 Å². The van der Waals surface area contributed by atoms with Gasteiger partial charge in [0.25, 0.3) is 11.7 Å². The fraction of sp³-hybridized carbons (Fsp3) is 0.250. The van der Waals surface area contributed by atoms with Crippen LogP contribution < -0.4 is 4.74 Å². The molecule has 0 radical (unpaired) electrons. The molecule has 0 atom stereocenters. The van der Waals surface area contributed by atoms with Crippen molar-refractivity contribution in [3.8, 4) is 5.75 Å². The number of alkyl halides is 2.